The van der Waals surface area contributed by atoms with Gasteiger partial charge in [-0.3, -0.25) is 4.79 Å². The summed E-state index contributed by atoms with van der Waals surface area (Å²) in [6, 6.07) is 10.7. The zero-order valence-corrected chi connectivity index (χ0v) is 13.2. The summed E-state index contributed by atoms with van der Waals surface area (Å²) in [5, 5.41) is 0.359. The van der Waals surface area contributed by atoms with E-state index in [9.17, 15) is 9.18 Å². The largest absolute Gasteiger partial charge is 0.496 e. The molecule has 5 heteroatoms. The second kappa shape index (κ2) is 6.58. The first-order chi connectivity index (χ1) is 11.6. The number of rotatable bonds is 4. The summed E-state index contributed by atoms with van der Waals surface area (Å²) in [7, 11) is 3.01. The van der Waals surface area contributed by atoms with Crippen LogP contribution in [0.15, 0.2) is 51.7 Å². The summed E-state index contributed by atoms with van der Waals surface area (Å²) in [4.78, 5) is 12.4. The first-order valence-corrected chi connectivity index (χ1v) is 7.24. The van der Waals surface area contributed by atoms with E-state index in [1.165, 1.54) is 32.4 Å². The number of ether oxygens (including phenoxy) is 2. The smallest absolute Gasteiger partial charge is 0.197 e. The predicted molar refractivity (Wildman–Crippen MR) is 90.9 cm³/mol. The monoisotopic (exact) mass is 326 g/mol. The van der Waals surface area contributed by atoms with Gasteiger partial charge in [-0.1, -0.05) is 18.2 Å². The van der Waals surface area contributed by atoms with E-state index in [1.54, 1.807) is 36.4 Å². The van der Waals surface area contributed by atoms with Crippen LogP contribution in [0, 0.1) is 5.82 Å². The topological polar surface area (TPSA) is 48.7 Å². The van der Waals surface area contributed by atoms with Gasteiger partial charge in [0.1, 0.15) is 34.0 Å². The third-order valence-electron chi connectivity index (χ3n) is 3.55. The van der Waals surface area contributed by atoms with E-state index in [4.69, 9.17) is 13.9 Å². The summed E-state index contributed by atoms with van der Waals surface area (Å²) >= 11 is 0. The number of halogens is 1. The molecule has 122 valence electrons. The Balaban J connectivity index is 2.06. The van der Waals surface area contributed by atoms with Crippen molar-refractivity contribution >= 4 is 23.1 Å². The van der Waals surface area contributed by atoms with Crippen LogP contribution in [-0.2, 0) is 0 Å². The fourth-order valence-corrected chi connectivity index (χ4v) is 2.36. The molecule has 0 saturated carbocycles. The summed E-state index contributed by atoms with van der Waals surface area (Å²) < 4.78 is 29.1. The van der Waals surface area contributed by atoms with E-state index in [0.717, 1.165) is 5.56 Å². The van der Waals surface area contributed by atoms with Gasteiger partial charge in [-0.15, -0.1) is 0 Å². The molecule has 0 saturated heterocycles. The van der Waals surface area contributed by atoms with Gasteiger partial charge >= 0.3 is 0 Å². The molecule has 4 nitrogen and oxygen atoms in total. The van der Waals surface area contributed by atoms with E-state index in [-0.39, 0.29) is 11.2 Å². The second-order valence-electron chi connectivity index (χ2n) is 5.10. The van der Waals surface area contributed by atoms with Gasteiger partial charge in [-0.05, 0) is 23.8 Å². The van der Waals surface area contributed by atoms with E-state index >= 15 is 0 Å². The van der Waals surface area contributed by atoms with Gasteiger partial charge in [0.05, 0.1) is 14.2 Å². The SMILES string of the molecule is COc1cc(OC)c2c(=O)cc(/C=C/c3ccc(F)cc3)oc2c1. The van der Waals surface area contributed by atoms with Gasteiger partial charge in [0.25, 0.3) is 0 Å². The molecule has 3 rings (SSSR count). The molecular weight excluding hydrogens is 311 g/mol. The molecule has 0 aliphatic rings. The van der Waals surface area contributed by atoms with Crippen LogP contribution in [0.1, 0.15) is 11.3 Å². The van der Waals surface area contributed by atoms with E-state index in [0.29, 0.717) is 28.2 Å². The van der Waals surface area contributed by atoms with Gasteiger partial charge < -0.3 is 13.9 Å². The molecule has 0 bridgehead atoms. The molecule has 0 spiro atoms. The maximum atomic E-state index is 12.9. The van der Waals surface area contributed by atoms with Crippen LogP contribution in [0.2, 0.25) is 0 Å². The van der Waals surface area contributed by atoms with Gasteiger partial charge in [0, 0.05) is 18.2 Å². The molecular formula is C19H15FO4. The van der Waals surface area contributed by atoms with Crippen molar-refractivity contribution in [2.45, 2.75) is 0 Å². The van der Waals surface area contributed by atoms with Gasteiger partial charge in [-0.2, -0.15) is 0 Å². The molecule has 2 aromatic carbocycles. The lowest BCUT2D eigenvalue weighted by atomic mass is 10.1. The summed E-state index contributed by atoms with van der Waals surface area (Å²) in [6.45, 7) is 0. The molecule has 0 N–H and O–H groups in total. The van der Waals surface area contributed by atoms with Gasteiger partial charge in [-0.25, -0.2) is 4.39 Å². The molecule has 0 fully saturated rings. The highest BCUT2D eigenvalue weighted by Crippen LogP contribution is 2.29. The molecule has 0 aliphatic carbocycles. The van der Waals surface area contributed by atoms with E-state index in [1.807, 2.05) is 0 Å². The van der Waals surface area contributed by atoms with Crippen molar-refractivity contribution in [3.05, 3.63) is 69.8 Å². The second-order valence-corrected chi connectivity index (χ2v) is 5.10. The average Bonchev–Trinajstić information content (AvgIpc) is 2.60. The van der Waals surface area contributed by atoms with Crippen LogP contribution in [0.3, 0.4) is 0 Å². The fraction of sp³-hybridized carbons (Fsp3) is 0.105. The third-order valence-corrected chi connectivity index (χ3v) is 3.55. The molecule has 1 aromatic heterocycles. The fourth-order valence-electron chi connectivity index (χ4n) is 2.36. The van der Waals surface area contributed by atoms with Crippen molar-refractivity contribution in [1.82, 2.24) is 0 Å². The van der Waals surface area contributed by atoms with Crippen LogP contribution in [0.4, 0.5) is 4.39 Å². The Kier molecular flexibility index (Phi) is 4.33. The zero-order valence-electron chi connectivity index (χ0n) is 13.2. The van der Waals surface area contributed by atoms with Crippen LogP contribution < -0.4 is 14.9 Å². The van der Waals surface area contributed by atoms with Crippen molar-refractivity contribution in [2.24, 2.45) is 0 Å². The molecule has 0 aliphatic heterocycles. The molecule has 0 unspecified atom stereocenters. The Hall–Kier alpha value is -3.08. The van der Waals surface area contributed by atoms with Crippen molar-refractivity contribution < 1.29 is 18.3 Å². The third kappa shape index (κ3) is 3.15. The summed E-state index contributed by atoms with van der Waals surface area (Å²) in [5.74, 6) is 1.00. The summed E-state index contributed by atoms with van der Waals surface area (Å²) in [6.07, 6.45) is 3.39. The van der Waals surface area contributed by atoms with Crippen LogP contribution in [0.25, 0.3) is 23.1 Å². The Bertz CT molecular complexity index is 956. The molecule has 0 radical (unpaired) electrons. The van der Waals surface area contributed by atoms with Crippen LogP contribution in [-0.4, -0.2) is 14.2 Å². The molecule has 24 heavy (non-hydrogen) atoms. The number of hydrogen-bond donors (Lipinski definition) is 0. The van der Waals surface area contributed by atoms with E-state index < -0.39 is 0 Å². The first-order valence-electron chi connectivity index (χ1n) is 7.24. The lowest BCUT2D eigenvalue weighted by Gasteiger charge is -2.08. The minimum Gasteiger partial charge on any atom is -0.496 e. The molecule has 3 aromatic rings. The highest BCUT2D eigenvalue weighted by Gasteiger charge is 2.11. The minimum absolute atomic E-state index is 0.213. The van der Waals surface area contributed by atoms with Crippen molar-refractivity contribution in [1.29, 1.82) is 0 Å². The molecule has 0 amide bonds. The number of methoxy groups -OCH3 is 2. The average molecular weight is 326 g/mol. The maximum absolute atomic E-state index is 12.9. The highest BCUT2D eigenvalue weighted by molar-refractivity contribution is 5.86. The standard InChI is InChI=1S/C19H15FO4/c1-22-15-10-17(23-2)19-16(21)9-14(24-18(19)11-15)8-5-12-3-6-13(20)7-4-12/h3-11H,1-2H3/b8-5+. The van der Waals surface area contributed by atoms with Crippen molar-refractivity contribution in [3.63, 3.8) is 0 Å². The lowest BCUT2D eigenvalue weighted by Crippen LogP contribution is -2.03. The Morgan fingerprint density at radius 3 is 2.42 bits per heavy atom. The Morgan fingerprint density at radius 1 is 1.00 bits per heavy atom. The van der Waals surface area contributed by atoms with Crippen LogP contribution >= 0.6 is 0 Å². The number of benzene rings is 2. The van der Waals surface area contributed by atoms with Crippen LogP contribution in [0.5, 0.6) is 11.5 Å². The number of fused-ring (bicyclic) bond motifs is 1. The maximum Gasteiger partial charge on any atom is 0.197 e. The predicted octanol–water partition coefficient (Wildman–Crippen LogP) is 4.12. The first kappa shape index (κ1) is 15.8. The number of hydrogen-bond acceptors (Lipinski definition) is 4. The normalized spacial score (nSPS) is 11.1. The van der Waals surface area contributed by atoms with Crippen molar-refractivity contribution in [3.8, 4) is 11.5 Å². The highest BCUT2D eigenvalue weighted by atomic mass is 19.1. The van der Waals surface area contributed by atoms with Gasteiger partial charge in [0.15, 0.2) is 5.43 Å². The Labute approximate surface area is 137 Å². The Morgan fingerprint density at radius 2 is 1.75 bits per heavy atom. The zero-order chi connectivity index (χ0) is 17.1. The molecule has 0 atom stereocenters. The van der Waals surface area contributed by atoms with E-state index in [2.05, 4.69) is 0 Å². The minimum atomic E-state index is -0.302. The van der Waals surface area contributed by atoms with Crippen molar-refractivity contribution in [2.75, 3.05) is 14.2 Å². The summed E-state index contributed by atoms with van der Waals surface area (Å²) in [5.41, 5.74) is 0.953. The quantitative estimate of drug-likeness (QED) is 0.723. The molecule has 1 heterocycles. The van der Waals surface area contributed by atoms with Gasteiger partial charge in [0.2, 0.25) is 0 Å². The lowest BCUT2D eigenvalue weighted by molar-refractivity contribution is 0.396.